The van der Waals surface area contributed by atoms with Crippen LogP contribution < -0.4 is 5.73 Å². The molecule has 0 bridgehead atoms. The molecule has 2 rings (SSSR count). The molecule has 0 saturated heterocycles. The molecular formula is C8H11ClN2. The van der Waals surface area contributed by atoms with Gasteiger partial charge in [0.15, 0.2) is 0 Å². The van der Waals surface area contributed by atoms with Crippen molar-refractivity contribution in [2.45, 2.75) is 18.9 Å². The number of aromatic amines is 1. The van der Waals surface area contributed by atoms with Crippen molar-refractivity contribution >= 4 is 11.6 Å². The molecule has 0 aromatic carbocycles. The molecule has 60 valence electrons. The molecule has 3 heteroatoms. The summed E-state index contributed by atoms with van der Waals surface area (Å²) in [5.41, 5.74) is 6.99. The van der Waals surface area contributed by atoms with E-state index in [1.54, 1.807) is 0 Å². The molecule has 1 unspecified atom stereocenters. The van der Waals surface area contributed by atoms with E-state index in [-0.39, 0.29) is 6.04 Å². The van der Waals surface area contributed by atoms with Crippen LogP contribution >= 0.6 is 11.6 Å². The molecule has 1 heterocycles. The summed E-state index contributed by atoms with van der Waals surface area (Å²) >= 11 is 5.72. The summed E-state index contributed by atoms with van der Waals surface area (Å²) in [5.74, 6) is 0.685. The van der Waals surface area contributed by atoms with Crippen LogP contribution in [0, 0.1) is 5.92 Å². The number of halogens is 1. The number of rotatable bonds is 2. The Balaban J connectivity index is 2.14. The summed E-state index contributed by atoms with van der Waals surface area (Å²) in [7, 11) is 0. The number of hydrogen-bond acceptors (Lipinski definition) is 1. The number of nitrogens with one attached hydrogen (secondary N) is 1. The molecule has 3 N–H and O–H groups in total. The monoisotopic (exact) mass is 170 g/mol. The van der Waals surface area contributed by atoms with Crippen LogP contribution in [0.4, 0.5) is 0 Å². The molecule has 1 aromatic heterocycles. The normalized spacial score (nSPS) is 20.2. The number of nitrogens with two attached hydrogens (primary N) is 1. The summed E-state index contributed by atoms with van der Waals surface area (Å²) in [6, 6.07) is 3.98. The molecule has 11 heavy (non-hydrogen) atoms. The van der Waals surface area contributed by atoms with Crippen molar-refractivity contribution in [1.29, 1.82) is 0 Å². The highest BCUT2D eigenvalue weighted by Crippen LogP contribution is 2.39. The minimum absolute atomic E-state index is 0.169. The van der Waals surface area contributed by atoms with Crippen molar-refractivity contribution in [1.82, 2.24) is 4.98 Å². The van der Waals surface area contributed by atoms with Crippen LogP contribution in [-0.4, -0.2) is 4.98 Å². The largest absolute Gasteiger partial charge is 0.348 e. The minimum Gasteiger partial charge on any atom is -0.348 e. The van der Waals surface area contributed by atoms with Gasteiger partial charge in [-0.05, 0) is 30.9 Å². The van der Waals surface area contributed by atoms with E-state index in [0.717, 1.165) is 5.69 Å². The lowest BCUT2D eigenvalue weighted by Gasteiger charge is -2.06. The molecule has 1 aliphatic carbocycles. The Labute approximate surface area is 70.7 Å². The van der Waals surface area contributed by atoms with Gasteiger partial charge in [0, 0.05) is 11.7 Å². The first-order valence-electron chi connectivity index (χ1n) is 3.87. The van der Waals surface area contributed by atoms with E-state index in [1.165, 1.54) is 12.8 Å². The van der Waals surface area contributed by atoms with Gasteiger partial charge >= 0.3 is 0 Å². The van der Waals surface area contributed by atoms with Gasteiger partial charge < -0.3 is 10.7 Å². The minimum atomic E-state index is 0.169. The summed E-state index contributed by atoms with van der Waals surface area (Å²) < 4.78 is 0. The number of hydrogen-bond donors (Lipinski definition) is 2. The predicted molar refractivity (Wildman–Crippen MR) is 45.5 cm³/mol. The second-order valence-electron chi connectivity index (χ2n) is 3.12. The standard InChI is InChI=1S/C8H11ClN2/c9-7-4-3-6(11-7)8(10)5-1-2-5/h3-5,8,11H,1-2,10H2. The molecular weight excluding hydrogens is 160 g/mol. The van der Waals surface area contributed by atoms with Gasteiger partial charge in [-0.3, -0.25) is 0 Å². The highest BCUT2D eigenvalue weighted by molar-refractivity contribution is 6.29. The fourth-order valence-electron chi connectivity index (χ4n) is 1.29. The Bertz CT molecular complexity index is 252. The van der Waals surface area contributed by atoms with Crippen LogP contribution in [0.25, 0.3) is 0 Å². The zero-order chi connectivity index (χ0) is 7.84. The third kappa shape index (κ3) is 1.42. The zero-order valence-corrected chi connectivity index (χ0v) is 6.93. The fraction of sp³-hybridized carbons (Fsp3) is 0.500. The lowest BCUT2D eigenvalue weighted by atomic mass is 10.1. The van der Waals surface area contributed by atoms with E-state index < -0.39 is 0 Å². The molecule has 0 amide bonds. The first-order valence-corrected chi connectivity index (χ1v) is 4.25. The Morgan fingerprint density at radius 1 is 1.55 bits per heavy atom. The number of aromatic nitrogens is 1. The third-order valence-corrected chi connectivity index (χ3v) is 2.38. The number of H-pyrrole nitrogens is 1. The third-order valence-electron chi connectivity index (χ3n) is 2.16. The predicted octanol–water partition coefficient (Wildman–Crippen LogP) is 2.08. The maximum atomic E-state index is 5.92. The van der Waals surface area contributed by atoms with Crippen LogP contribution in [0.15, 0.2) is 12.1 Å². The van der Waals surface area contributed by atoms with Gasteiger partial charge in [-0.2, -0.15) is 0 Å². The van der Waals surface area contributed by atoms with Gasteiger partial charge in [-0.15, -0.1) is 0 Å². The Kier molecular flexibility index (Phi) is 1.66. The van der Waals surface area contributed by atoms with Crippen molar-refractivity contribution in [2.75, 3.05) is 0 Å². The van der Waals surface area contributed by atoms with E-state index in [9.17, 15) is 0 Å². The summed E-state index contributed by atoms with van der Waals surface area (Å²) in [6.45, 7) is 0. The van der Waals surface area contributed by atoms with Crippen molar-refractivity contribution in [2.24, 2.45) is 11.7 Å². The maximum Gasteiger partial charge on any atom is 0.106 e. The van der Waals surface area contributed by atoms with E-state index in [4.69, 9.17) is 17.3 Å². The maximum absolute atomic E-state index is 5.92. The Morgan fingerprint density at radius 3 is 2.73 bits per heavy atom. The summed E-state index contributed by atoms with van der Waals surface area (Å²) in [6.07, 6.45) is 2.52. The quantitative estimate of drug-likeness (QED) is 0.701. The summed E-state index contributed by atoms with van der Waals surface area (Å²) in [5, 5.41) is 0.677. The van der Waals surface area contributed by atoms with Crippen LogP contribution in [-0.2, 0) is 0 Å². The second kappa shape index (κ2) is 2.54. The van der Waals surface area contributed by atoms with Gasteiger partial charge in [-0.1, -0.05) is 11.6 Å². The van der Waals surface area contributed by atoms with E-state index >= 15 is 0 Å². The molecule has 1 aliphatic rings. The van der Waals surface area contributed by atoms with E-state index in [1.807, 2.05) is 12.1 Å². The van der Waals surface area contributed by atoms with Crippen molar-refractivity contribution in [3.05, 3.63) is 23.0 Å². The lowest BCUT2D eigenvalue weighted by molar-refractivity contribution is 0.618. The van der Waals surface area contributed by atoms with E-state index in [0.29, 0.717) is 11.1 Å². The molecule has 0 aliphatic heterocycles. The molecule has 1 aromatic rings. The van der Waals surface area contributed by atoms with Crippen LogP contribution in [0.5, 0.6) is 0 Å². The second-order valence-corrected chi connectivity index (χ2v) is 3.53. The highest BCUT2D eigenvalue weighted by Gasteiger charge is 2.30. The average molecular weight is 171 g/mol. The Morgan fingerprint density at radius 2 is 2.27 bits per heavy atom. The van der Waals surface area contributed by atoms with Gasteiger partial charge in [0.2, 0.25) is 0 Å². The van der Waals surface area contributed by atoms with Crippen LogP contribution in [0.2, 0.25) is 5.15 Å². The van der Waals surface area contributed by atoms with Crippen LogP contribution in [0.1, 0.15) is 24.6 Å². The topological polar surface area (TPSA) is 41.8 Å². The van der Waals surface area contributed by atoms with Crippen molar-refractivity contribution in [3.8, 4) is 0 Å². The molecule has 1 atom stereocenters. The smallest absolute Gasteiger partial charge is 0.106 e. The average Bonchev–Trinajstić information content (AvgIpc) is 2.74. The van der Waals surface area contributed by atoms with Gasteiger partial charge in [-0.25, -0.2) is 0 Å². The molecule has 1 saturated carbocycles. The fourth-order valence-corrected chi connectivity index (χ4v) is 1.46. The van der Waals surface area contributed by atoms with Crippen molar-refractivity contribution in [3.63, 3.8) is 0 Å². The van der Waals surface area contributed by atoms with Gasteiger partial charge in [0.05, 0.1) is 0 Å². The molecule has 1 fully saturated rings. The lowest BCUT2D eigenvalue weighted by Crippen LogP contribution is -2.12. The van der Waals surface area contributed by atoms with Gasteiger partial charge in [0.1, 0.15) is 5.15 Å². The van der Waals surface area contributed by atoms with Crippen LogP contribution in [0.3, 0.4) is 0 Å². The molecule has 0 spiro atoms. The SMILES string of the molecule is NC(c1ccc(Cl)[nH]1)C1CC1. The molecule has 2 nitrogen and oxygen atoms in total. The summed E-state index contributed by atoms with van der Waals surface area (Å²) in [4.78, 5) is 3.04. The van der Waals surface area contributed by atoms with E-state index in [2.05, 4.69) is 4.98 Å². The first kappa shape index (κ1) is 7.19. The highest BCUT2D eigenvalue weighted by atomic mass is 35.5. The van der Waals surface area contributed by atoms with Gasteiger partial charge in [0.25, 0.3) is 0 Å². The first-order chi connectivity index (χ1) is 5.27. The zero-order valence-electron chi connectivity index (χ0n) is 6.18. The Hall–Kier alpha value is -0.470. The molecule has 0 radical (unpaired) electrons. The van der Waals surface area contributed by atoms with Crippen molar-refractivity contribution < 1.29 is 0 Å².